The van der Waals surface area contributed by atoms with Gasteiger partial charge in [-0.05, 0) is 50.7 Å². The van der Waals surface area contributed by atoms with Gasteiger partial charge in [0.25, 0.3) is 0 Å². The highest BCUT2D eigenvalue weighted by atomic mass is 19.1. The summed E-state index contributed by atoms with van der Waals surface area (Å²) in [5.41, 5.74) is 1.36. The number of esters is 1. The highest BCUT2D eigenvalue weighted by Crippen LogP contribution is 2.49. The topological polar surface area (TPSA) is 26.3 Å². The standard InChI is InChI=1S/C20H25FO2/c1-14(2)19(22)23-20(15-8-4-3-5-9-15)13-7-10-16-17(20)11-6-12-18(16)21/h6,11-12,15H,1,3-5,7-10,13H2,2H3. The van der Waals surface area contributed by atoms with Crippen LogP contribution >= 0.6 is 0 Å². The molecule has 0 aliphatic heterocycles. The van der Waals surface area contributed by atoms with Crippen molar-refractivity contribution in [3.63, 3.8) is 0 Å². The molecule has 1 fully saturated rings. The molecule has 1 aromatic carbocycles. The van der Waals surface area contributed by atoms with E-state index < -0.39 is 5.60 Å². The number of hydrogen-bond donors (Lipinski definition) is 0. The summed E-state index contributed by atoms with van der Waals surface area (Å²) in [6.07, 6.45) is 7.99. The van der Waals surface area contributed by atoms with E-state index in [4.69, 9.17) is 4.74 Å². The van der Waals surface area contributed by atoms with E-state index in [1.807, 2.05) is 6.07 Å². The minimum atomic E-state index is -0.674. The lowest BCUT2D eigenvalue weighted by Crippen LogP contribution is -2.44. The molecule has 3 heteroatoms. The van der Waals surface area contributed by atoms with Gasteiger partial charge in [0, 0.05) is 17.1 Å². The van der Waals surface area contributed by atoms with Gasteiger partial charge < -0.3 is 4.74 Å². The number of carbonyl (C=O) groups is 1. The van der Waals surface area contributed by atoms with E-state index in [1.165, 1.54) is 12.5 Å². The predicted octanol–water partition coefficient (Wildman–Crippen LogP) is 5.06. The van der Waals surface area contributed by atoms with Crippen LogP contribution in [0.4, 0.5) is 4.39 Å². The quantitative estimate of drug-likeness (QED) is 0.576. The summed E-state index contributed by atoms with van der Waals surface area (Å²) in [5, 5.41) is 0. The Hall–Kier alpha value is -1.64. The zero-order valence-corrected chi connectivity index (χ0v) is 13.9. The van der Waals surface area contributed by atoms with Crippen molar-refractivity contribution in [2.24, 2.45) is 5.92 Å². The van der Waals surface area contributed by atoms with Crippen LogP contribution in [-0.4, -0.2) is 5.97 Å². The minimum absolute atomic E-state index is 0.172. The van der Waals surface area contributed by atoms with Crippen molar-refractivity contribution >= 4 is 5.97 Å². The largest absolute Gasteiger partial charge is 0.451 e. The molecule has 0 aromatic heterocycles. The normalized spacial score (nSPS) is 24.8. The van der Waals surface area contributed by atoms with Crippen molar-refractivity contribution in [1.29, 1.82) is 0 Å². The van der Waals surface area contributed by atoms with Crippen molar-refractivity contribution < 1.29 is 13.9 Å². The van der Waals surface area contributed by atoms with Crippen LogP contribution in [0.2, 0.25) is 0 Å². The first kappa shape index (κ1) is 16.2. The van der Waals surface area contributed by atoms with Crippen LogP contribution in [0.5, 0.6) is 0 Å². The fourth-order valence-corrected chi connectivity index (χ4v) is 4.31. The first-order chi connectivity index (χ1) is 11.0. The molecule has 0 spiro atoms. The van der Waals surface area contributed by atoms with Crippen molar-refractivity contribution in [1.82, 2.24) is 0 Å². The average Bonchev–Trinajstić information content (AvgIpc) is 2.56. The summed E-state index contributed by atoms with van der Waals surface area (Å²) < 4.78 is 20.4. The molecule has 1 atom stereocenters. The lowest BCUT2D eigenvalue weighted by atomic mass is 9.67. The summed E-state index contributed by atoms with van der Waals surface area (Å²) in [6.45, 7) is 5.39. The Morgan fingerprint density at radius 3 is 2.70 bits per heavy atom. The van der Waals surface area contributed by atoms with E-state index in [0.29, 0.717) is 5.57 Å². The monoisotopic (exact) mass is 316 g/mol. The van der Waals surface area contributed by atoms with Gasteiger partial charge in [-0.25, -0.2) is 9.18 Å². The van der Waals surface area contributed by atoms with E-state index in [0.717, 1.165) is 56.1 Å². The van der Waals surface area contributed by atoms with Gasteiger partial charge in [0.1, 0.15) is 11.4 Å². The fraction of sp³-hybridized carbons (Fsp3) is 0.550. The van der Waals surface area contributed by atoms with Crippen LogP contribution in [0.3, 0.4) is 0 Å². The van der Waals surface area contributed by atoms with Crippen LogP contribution < -0.4 is 0 Å². The van der Waals surface area contributed by atoms with Gasteiger partial charge in [-0.2, -0.15) is 0 Å². The van der Waals surface area contributed by atoms with E-state index >= 15 is 0 Å². The van der Waals surface area contributed by atoms with Gasteiger partial charge >= 0.3 is 5.97 Å². The lowest BCUT2D eigenvalue weighted by Gasteiger charge is -2.45. The third-order valence-electron chi connectivity index (χ3n) is 5.44. The molecule has 2 aliphatic carbocycles. The lowest BCUT2D eigenvalue weighted by molar-refractivity contribution is -0.168. The second-order valence-electron chi connectivity index (χ2n) is 7.01. The maximum Gasteiger partial charge on any atom is 0.334 e. The first-order valence-electron chi connectivity index (χ1n) is 8.71. The average molecular weight is 316 g/mol. The second kappa shape index (κ2) is 6.46. The maximum absolute atomic E-state index is 14.3. The maximum atomic E-state index is 14.3. The van der Waals surface area contributed by atoms with Crippen LogP contribution in [0.25, 0.3) is 0 Å². The summed E-state index contributed by atoms with van der Waals surface area (Å²) >= 11 is 0. The van der Waals surface area contributed by atoms with Gasteiger partial charge in [-0.3, -0.25) is 0 Å². The highest BCUT2D eigenvalue weighted by molar-refractivity contribution is 5.87. The summed E-state index contributed by atoms with van der Waals surface area (Å²) in [6, 6.07) is 5.21. The molecule has 0 saturated heterocycles. The molecule has 0 heterocycles. The van der Waals surface area contributed by atoms with E-state index in [-0.39, 0.29) is 17.7 Å². The molecule has 1 saturated carbocycles. The van der Waals surface area contributed by atoms with Gasteiger partial charge in [-0.1, -0.05) is 38.0 Å². The fourth-order valence-electron chi connectivity index (χ4n) is 4.31. The van der Waals surface area contributed by atoms with Crippen molar-refractivity contribution in [3.8, 4) is 0 Å². The zero-order chi connectivity index (χ0) is 16.4. The van der Waals surface area contributed by atoms with Crippen molar-refractivity contribution in [3.05, 3.63) is 47.3 Å². The molecular formula is C20H25FO2. The Kier molecular flexibility index (Phi) is 4.56. The molecule has 3 rings (SSSR count). The van der Waals surface area contributed by atoms with Crippen LogP contribution in [0.1, 0.15) is 63.0 Å². The molecule has 0 bridgehead atoms. The number of halogens is 1. The third kappa shape index (κ3) is 2.93. The molecule has 1 aromatic rings. The van der Waals surface area contributed by atoms with Crippen LogP contribution in [0, 0.1) is 11.7 Å². The zero-order valence-electron chi connectivity index (χ0n) is 13.9. The van der Waals surface area contributed by atoms with Crippen molar-refractivity contribution in [2.75, 3.05) is 0 Å². The number of benzene rings is 1. The predicted molar refractivity (Wildman–Crippen MR) is 88.5 cm³/mol. The molecule has 23 heavy (non-hydrogen) atoms. The highest BCUT2D eigenvalue weighted by Gasteiger charge is 2.47. The molecule has 124 valence electrons. The molecule has 2 aliphatic rings. The van der Waals surface area contributed by atoms with Gasteiger partial charge in [0.05, 0.1) is 0 Å². The summed E-state index contributed by atoms with van der Waals surface area (Å²) in [4.78, 5) is 12.3. The molecule has 2 nitrogen and oxygen atoms in total. The Bertz CT molecular complexity index is 616. The second-order valence-corrected chi connectivity index (χ2v) is 7.01. The SMILES string of the molecule is C=C(C)C(=O)OC1(C2CCCCC2)CCCc2c(F)cccc21. The molecule has 0 N–H and O–H groups in total. The van der Waals surface area contributed by atoms with Gasteiger partial charge in [-0.15, -0.1) is 0 Å². The molecule has 0 amide bonds. The molecule has 0 radical (unpaired) electrons. The Balaban J connectivity index is 2.08. The van der Waals surface area contributed by atoms with E-state index in [2.05, 4.69) is 6.58 Å². The number of carbonyl (C=O) groups excluding carboxylic acids is 1. The number of ether oxygens (including phenoxy) is 1. The Morgan fingerprint density at radius 1 is 1.26 bits per heavy atom. The Morgan fingerprint density at radius 2 is 2.00 bits per heavy atom. The smallest absolute Gasteiger partial charge is 0.334 e. The Labute approximate surface area is 137 Å². The van der Waals surface area contributed by atoms with Crippen molar-refractivity contribution in [2.45, 2.75) is 63.9 Å². The van der Waals surface area contributed by atoms with Gasteiger partial charge in [0.2, 0.25) is 0 Å². The summed E-state index contributed by atoms with van der Waals surface area (Å²) in [5.74, 6) is -0.248. The molecular weight excluding hydrogens is 291 g/mol. The summed E-state index contributed by atoms with van der Waals surface area (Å²) in [7, 11) is 0. The van der Waals surface area contributed by atoms with Crippen LogP contribution in [0.15, 0.2) is 30.4 Å². The first-order valence-corrected chi connectivity index (χ1v) is 8.71. The molecule has 1 unspecified atom stereocenters. The number of rotatable bonds is 3. The van der Waals surface area contributed by atoms with Crippen LogP contribution in [-0.2, 0) is 21.6 Å². The third-order valence-corrected chi connectivity index (χ3v) is 5.44. The number of fused-ring (bicyclic) bond motifs is 1. The number of hydrogen-bond acceptors (Lipinski definition) is 2. The van der Waals surface area contributed by atoms with Gasteiger partial charge in [0.15, 0.2) is 0 Å². The minimum Gasteiger partial charge on any atom is -0.451 e. The van der Waals surface area contributed by atoms with E-state index in [9.17, 15) is 9.18 Å². The van der Waals surface area contributed by atoms with E-state index in [1.54, 1.807) is 13.0 Å².